The molecule has 1 rings (SSSR count). The maximum Gasteiger partial charge on any atom is 0.0900 e. The minimum atomic E-state index is -0.474. The van der Waals surface area contributed by atoms with Crippen molar-refractivity contribution in [3.8, 4) is 0 Å². The molecule has 16 heavy (non-hydrogen) atoms. The highest BCUT2D eigenvalue weighted by molar-refractivity contribution is 4.78. The number of methoxy groups -OCH3 is 1. The Labute approximate surface area is 97.4 Å². The molecule has 0 bridgehead atoms. The fourth-order valence-corrected chi connectivity index (χ4v) is 2.17. The molecule has 1 aliphatic rings. The van der Waals surface area contributed by atoms with Crippen molar-refractivity contribution in [2.75, 3.05) is 46.5 Å². The van der Waals surface area contributed by atoms with Crippen LogP contribution in [-0.4, -0.2) is 73.8 Å². The molecule has 0 radical (unpaired) electrons. The van der Waals surface area contributed by atoms with Gasteiger partial charge in [0.15, 0.2) is 0 Å². The molecule has 0 saturated carbocycles. The van der Waals surface area contributed by atoms with Crippen LogP contribution in [0.15, 0.2) is 0 Å². The Morgan fingerprint density at radius 3 is 2.94 bits per heavy atom. The number of nitrogens with zero attached hydrogens (tertiary/aromatic N) is 1. The van der Waals surface area contributed by atoms with Crippen LogP contribution in [0, 0.1) is 0 Å². The lowest BCUT2D eigenvalue weighted by molar-refractivity contribution is 0.0320. The van der Waals surface area contributed by atoms with Gasteiger partial charge in [0.25, 0.3) is 0 Å². The van der Waals surface area contributed by atoms with Crippen LogP contribution >= 0.6 is 0 Å². The third-order valence-electron chi connectivity index (χ3n) is 2.89. The van der Waals surface area contributed by atoms with Gasteiger partial charge >= 0.3 is 0 Å². The largest absolute Gasteiger partial charge is 0.395 e. The van der Waals surface area contributed by atoms with Crippen molar-refractivity contribution in [2.24, 2.45) is 0 Å². The summed E-state index contributed by atoms with van der Waals surface area (Å²) in [7, 11) is 1.58. The molecule has 5 heteroatoms. The van der Waals surface area contributed by atoms with Crippen LogP contribution < -0.4 is 5.32 Å². The van der Waals surface area contributed by atoms with Gasteiger partial charge in [-0.1, -0.05) is 0 Å². The number of rotatable bonds is 8. The van der Waals surface area contributed by atoms with Gasteiger partial charge in [0, 0.05) is 32.8 Å². The van der Waals surface area contributed by atoms with Gasteiger partial charge in [-0.3, -0.25) is 4.90 Å². The van der Waals surface area contributed by atoms with E-state index in [0.717, 1.165) is 13.1 Å². The summed E-state index contributed by atoms with van der Waals surface area (Å²) in [4.78, 5) is 2.09. The van der Waals surface area contributed by atoms with Gasteiger partial charge in [0.05, 0.1) is 19.3 Å². The van der Waals surface area contributed by atoms with Crippen molar-refractivity contribution in [3.63, 3.8) is 0 Å². The number of aliphatic hydroxyl groups excluding tert-OH is 2. The molecule has 0 aromatic heterocycles. The summed E-state index contributed by atoms with van der Waals surface area (Å²) in [6.07, 6.45) is 1.93. The van der Waals surface area contributed by atoms with Crippen LogP contribution in [0.4, 0.5) is 0 Å². The second kappa shape index (κ2) is 7.97. The smallest absolute Gasteiger partial charge is 0.0900 e. The molecule has 1 heterocycles. The van der Waals surface area contributed by atoms with Crippen LogP contribution in [0.5, 0.6) is 0 Å². The highest BCUT2D eigenvalue weighted by Crippen LogP contribution is 2.07. The molecule has 5 nitrogen and oxygen atoms in total. The first-order valence-corrected chi connectivity index (χ1v) is 6.00. The molecule has 1 fully saturated rings. The van der Waals surface area contributed by atoms with Gasteiger partial charge in [-0.05, 0) is 19.4 Å². The molecular formula is C11H24N2O3. The summed E-state index contributed by atoms with van der Waals surface area (Å²) in [5.41, 5.74) is 0. The van der Waals surface area contributed by atoms with Crippen molar-refractivity contribution >= 4 is 0 Å². The maximum atomic E-state index is 9.65. The number of hydrogen-bond acceptors (Lipinski definition) is 5. The number of hydrogen-bond donors (Lipinski definition) is 3. The van der Waals surface area contributed by atoms with Crippen molar-refractivity contribution in [3.05, 3.63) is 0 Å². The van der Waals surface area contributed by atoms with E-state index in [-0.39, 0.29) is 6.61 Å². The second-order valence-electron chi connectivity index (χ2n) is 4.39. The Balaban J connectivity index is 2.27. The fourth-order valence-electron chi connectivity index (χ4n) is 2.17. The van der Waals surface area contributed by atoms with E-state index in [2.05, 4.69) is 10.2 Å². The third-order valence-corrected chi connectivity index (χ3v) is 2.89. The Bertz CT molecular complexity index is 175. The van der Waals surface area contributed by atoms with E-state index in [9.17, 15) is 5.11 Å². The van der Waals surface area contributed by atoms with Crippen molar-refractivity contribution < 1.29 is 14.9 Å². The molecule has 1 aliphatic heterocycles. The summed E-state index contributed by atoms with van der Waals surface area (Å²) in [5.74, 6) is 0. The van der Waals surface area contributed by atoms with Gasteiger partial charge in [0.1, 0.15) is 0 Å². The zero-order chi connectivity index (χ0) is 11.8. The number of aliphatic hydroxyl groups is 2. The minimum absolute atomic E-state index is 0.131. The zero-order valence-corrected chi connectivity index (χ0v) is 10.1. The summed E-state index contributed by atoms with van der Waals surface area (Å²) in [6, 6.07) is 0.501. The Morgan fingerprint density at radius 1 is 1.56 bits per heavy atom. The van der Waals surface area contributed by atoms with E-state index >= 15 is 0 Å². The van der Waals surface area contributed by atoms with Crippen molar-refractivity contribution in [1.29, 1.82) is 0 Å². The maximum absolute atomic E-state index is 9.65. The predicted molar refractivity (Wildman–Crippen MR) is 62.4 cm³/mol. The van der Waals surface area contributed by atoms with Gasteiger partial charge in [-0.25, -0.2) is 0 Å². The molecule has 2 unspecified atom stereocenters. The van der Waals surface area contributed by atoms with E-state index in [4.69, 9.17) is 9.84 Å². The van der Waals surface area contributed by atoms with Crippen molar-refractivity contribution in [1.82, 2.24) is 10.2 Å². The molecule has 0 aliphatic carbocycles. The van der Waals surface area contributed by atoms with Crippen molar-refractivity contribution in [2.45, 2.75) is 25.0 Å². The third kappa shape index (κ3) is 5.23. The molecular weight excluding hydrogens is 208 g/mol. The molecule has 1 saturated heterocycles. The van der Waals surface area contributed by atoms with Gasteiger partial charge < -0.3 is 20.3 Å². The minimum Gasteiger partial charge on any atom is -0.395 e. The quantitative estimate of drug-likeness (QED) is 0.503. The van der Waals surface area contributed by atoms with Gasteiger partial charge in [-0.2, -0.15) is 0 Å². The van der Waals surface area contributed by atoms with Crippen LogP contribution in [0.2, 0.25) is 0 Å². The summed E-state index contributed by atoms with van der Waals surface area (Å²) < 4.78 is 4.90. The monoisotopic (exact) mass is 232 g/mol. The van der Waals surface area contributed by atoms with Gasteiger partial charge in [-0.15, -0.1) is 0 Å². The summed E-state index contributed by atoms with van der Waals surface area (Å²) in [6.45, 7) is 3.62. The first-order chi connectivity index (χ1) is 7.76. The number of ether oxygens (including phenoxy) is 1. The molecule has 3 N–H and O–H groups in total. The fraction of sp³-hybridized carbons (Fsp3) is 1.00. The van der Waals surface area contributed by atoms with Crippen LogP contribution in [-0.2, 0) is 4.74 Å². The van der Waals surface area contributed by atoms with E-state index < -0.39 is 6.10 Å². The first-order valence-electron chi connectivity index (χ1n) is 6.00. The van der Waals surface area contributed by atoms with Crippen LogP contribution in [0.25, 0.3) is 0 Å². The molecule has 0 amide bonds. The molecule has 0 aromatic carbocycles. The Hall–Kier alpha value is -0.200. The van der Waals surface area contributed by atoms with Crippen LogP contribution in [0.1, 0.15) is 12.8 Å². The highest BCUT2D eigenvalue weighted by atomic mass is 16.5. The standard InChI is InChI=1S/C11H24N2O3/c1-16-9-11(15)8-13(5-6-14)7-10-3-2-4-12-10/h10-12,14-15H,2-9H2,1H3. The molecule has 96 valence electrons. The average molecular weight is 232 g/mol. The predicted octanol–water partition coefficient (Wildman–Crippen LogP) is -0.960. The topological polar surface area (TPSA) is 65.0 Å². The Morgan fingerprint density at radius 2 is 2.38 bits per heavy atom. The van der Waals surface area contributed by atoms with E-state index in [1.54, 1.807) is 7.11 Å². The molecule has 0 aromatic rings. The van der Waals surface area contributed by atoms with Crippen LogP contribution in [0.3, 0.4) is 0 Å². The van der Waals surface area contributed by atoms with E-state index in [1.807, 2.05) is 0 Å². The molecule has 0 spiro atoms. The zero-order valence-electron chi connectivity index (χ0n) is 10.1. The highest BCUT2D eigenvalue weighted by Gasteiger charge is 2.19. The average Bonchev–Trinajstić information content (AvgIpc) is 2.71. The summed E-state index contributed by atoms with van der Waals surface area (Å²) in [5, 5.41) is 22.0. The molecule has 2 atom stereocenters. The van der Waals surface area contributed by atoms with E-state index in [0.29, 0.717) is 25.7 Å². The number of nitrogens with one attached hydrogen (secondary N) is 1. The normalized spacial score (nSPS) is 22.9. The van der Waals surface area contributed by atoms with E-state index in [1.165, 1.54) is 12.8 Å². The lowest BCUT2D eigenvalue weighted by Crippen LogP contribution is -2.43. The first kappa shape index (κ1) is 13.9. The Kier molecular flexibility index (Phi) is 6.91. The lowest BCUT2D eigenvalue weighted by atomic mass is 10.2. The SMILES string of the molecule is COCC(O)CN(CCO)CC1CCCN1. The van der Waals surface area contributed by atoms with Gasteiger partial charge in [0.2, 0.25) is 0 Å². The second-order valence-corrected chi connectivity index (χ2v) is 4.39. The lowest BCUT2D eigenvalue weighted by Gasteiger charge is -2.26. The summed E-state index contributed by atoms with van der Waals surface area (Å²) >= 11 is 0.